The number of benzene rings is 1. The predicted octanol–water partition coefficient (Wildman–Crippen LogP) is 3.14. The van der Waals surface area contributed by atoms with Crippen LogP contribution in [0.1, 0.15) is 54.1 Å². The lowest BCUT2D eigenvalue weighted by Gasteiger charge is -2.28. The lowest BCUT2D eigenvalue weighted by atomic mass is 10.1. The molecule has 0 spiro atoms. The summed E-state index contributed by atoms with van der Waals surface area (Å²) in [5.74, 6) is 0.671. The summed E-state index contributed by atoms with van der Waals surface area (Å²) in [7, 11) is 0. The van der Waals surface area contributed by atoms with Crippen LogP contribution in [0.25, 0.3) is 5.69 Å². The van der Waals surface area contributed by atoms with Crippen LogP contribution < -0.4 is 5.32 Å². The lowest BCUT2D eigenvalue weighted by Crippen LogP contribution is -2.42. The van der Waals surface area contributed by atoms with Crippen molar-refractivity contribution < 1.29 is 4.79 Å². The molecule has 3 fully saturated rings. The lowest BCUT2D eigenvalue weighted by molar-refractivity contribution is 0.0679. The maximum absolute atomic E-state index is 13.5. The van der Waals surface area contributed by atoms with Crippen molar-refractivity contribution in [3.8, 4) is 5.69 Å². The van der Waals surface area contributed by atoms with Gasteiger partial charge in [0.2, 0.25) is 0 Å². The Kier molecular flexibility index (Phi) is 4.76. The van der Waals surface area contributed by atoms with E-state index in [2.05, 4.69) is 27.4 Å². The number of halogens is 1. The van der Waals surface area contributed by atoms with Gasteiger partial charge in [-0.15, -0.1) is 12.4 Å². The zero-order valence-corrected chi connectivity index (χ0v) is 15.6. The number of rotatable bonds is 3. The largest absolute Gasteiger partial charge is 0.331 e. The molecule has 1 aromatic carbocycles. The molecule has 2 atom stereocenters. The zero-order valence-electron chi connectivity index (χ0n) is 14.8. The second kappa shape index (κ2) is 7.05. The van der Waals surface area contributed by atoms with Crippen molar-refractivity contribution in [1.82, 2.24) is 20.0 Å². The minimum absolute atomic E-state index is 0. The van der Waals surface area contributed by atoms with Crippen LogP contribution >= 0.6 is 12.4 Å². The minimum atomic E-state index is 0. The molecule has 5 rings (SSSR count). The Bertz CT molecular complexity index is 772. The molecule has 2 aliphatic heterocycles. The maximum atomic E-state index is 13.5. The highest BCUT2D eigenvalue weighted by atomic mass is 35.5. The highest BCUT2D eigenvalue weighted by Gasteiger charge is 2.41. The van der Waals surface area contributed by atoms with E-state index in [1.807, 2.05) is 22.9 Å². The normalized spacial score (nSPS) is 24.8. The molecule has 6 heteroatoms. The first-order valence-corrected chi connectivity index (χ1v) is 9.49. The Morgan fingerprint density at radius 1 is 1.04 bits per heavy atom. The molecule has 138 valence electrons. The van der Waals surface area contributed by atoms with E-state index in [9.17, 15) is 4.79 Å². The third kappa shape index (κ3) is 2.93. The summed E-state index contributed by atoms with van der Waals surface area (Å²) in [5, 5.41) is 8.09. The van der Waals surface area contributed by atoms with Crippen molar-refractivity contribution in [2.24, 2.45) is 0 Å². The van der Waals surface area contributed by atoms with Gasteiger partial charge >= 0.3 is 0 Å². The smallest absolute Gasteiger partial charge is 0.257 e. The fourth-order valence-corrected chi connectivity index (χ4v) is 4.50. The predicted molar refractivity (Wildman–Crippen MR) is 103 cm³/mol. The first-order valence-electron chi connectivity index (χ1n) is 9.49. The molecule has 2 aromatic rings. The number of nitrogens with one attached hydrogen (secondary N) is 1. The standard InChI is InChI=1S/C20H24N4O.ClH/c25-20(23-15-8-9-17(23)12-21-11-10-15)18-13-22-24(19(18)14-6-7-14)16-4-2-1-3-5-16;/h1-5,13-15,17,21H,6-12H2;1H. The molecule has 1 saturated carbocycles. The number of aromatic nitrogens is 2. The Morgan fingerprint density at radius 3 is 2.58 bits per heavy atom. The van der Waals surface area contributed by atoms with E-state index >= 15 is 0 Å². The Balaban J connectivity index is 0.00000168. The van der Waals surface area contributed by atoms with Crippen LogP contribution in [0.2, 0.25) is 0 Å². The summed E-state index contributed by atoms with van der Waals surface area (Å²) < 4.78 is 1.99. The molecule has 1 amide bonds. The molecule has 5 nitrogen and oxygen atoms in total. The number of amides is 1. The highest BCUT2D eigenvalue weighted by Crippen LogP contribution is 2.43. The number of fused-ring (bicyclic) bond motifs is 2. The Hall–Kier alpha value is -1.85. The van der Waals surface area contributed by atoms with Crippen molar-refractivity contribution in [3.63, 3.8) is 0 Å². The van der Waals surface area contributed by atoms with Crippen LogP contribution in [0.15, 0.2) is 36.5 Å². The first kappa shape index (κ1) is 17.6. The van der Waals surface area contributed by atoms with Gasteiger partial charge < -0.3 is 10.2 Å². The highest BCUT2D eigenvalue weighted by molar-refractivity contribution is 5.96. The Labute approximate surface area is 160 Å². The molecule has 2 bridgehead atoms. The van der Waals surface area contributed by atoms with Crippen LogP contribution in [-0.2, 0) is 0 Å². The van der Waals surface area contributed by atoms with Gasteiger partial charge in [0.1, 0.15) is 0 Å². The summed E-state index contributed by atoms with van der Waals surface area (Å²) in [6.07, 6.45) is 7.45. The summed E-state index contributed by atoms with van der Waals surface area (Å²) in [6, 6.07) is 10.9. The molecular formula is C20H25ClN4O. The third-order valence-corrected chi connectivity index (χ3v) is 5.89. The number of nitrogens with zero attached hydrogens (tertiary/aromatic N) is 3. The third-order valence-electron chi connectivity index (χ3n) is 5.89. The van der Waals surface area contributed by atoms with E-state index in [4.69, 9.17) is 0 Å². The van der Waals surface area contributed by atoms with Crippen molar-refractivity contribution in [1.29, 1.82) is 0 Å². The van der Waals surface area contributed by atoms with Gasteiger partial charge in [-0.3, -0.25) is 4.79 Å². The molecule has 1 aliphatic carbocycles. The first-order chi connectivity index (χ1) is 12.3. The van der Waals surface area contributed by atoms with Gasteiger partial charge in [-0.25, -0.2) is 4.68 Å². The summed E-state index contributed by atoms with van der Waals surface area (Å²) in [5.41, 5.74) is 2.99. The van der Waals surface area contributed by atoms with E-state index < -0.39 is 0 Å². The van der Waals surface area contributed by atoms with Gasteiger partial charge in [0.15, 0.2) is 0 Å². The molecule has 3 aliphatic rings. The second-order valence-corrected chi connectivity index (χ2v) is 7.56. The molecule has 1 N–H and O–H groups in total. The minimum Gasteiger partial charge on any atom is -0.331 e. The zero-order chi connectivity index (χ0) is 16.8. The molecule has 0 radical (unpaired) electrons. The van der Waals surface area contributed by atoms with Crippen LogP contribution in [0.3, 0.4) is 0 Å². The van der Waals surface area contributed by atoms with Crippen molar-refractivity contribution >= 4 is 18.3 Å². The number of hydrogen-bond donors (Lipinski definition) is 1. The average molecular weight is 373 g/mol. The molecule has 3 heterocycles. The number of carbonyl (C=O) groups excluding carboxylic acids is 1. The van der Waals surface area contributed by atoms with Crippen LogP contribution in [0.5, 0.6) is 0 Å². The molecule has 26 heavy (non-hydrogen) atoms. The number of para-hydroxylation sites is 1. The molecular weight excluding hydrogens is 348 g/mol. The molecule has 1 aromatic heterocycles. The second-order valence-electron chi connectivity index (χ2n) is 7.56. The monoisotopic (exact) mass is 372 g/mol. The quantitative estimate of drug-likeness (QED) is 0.900. The summed E-state index contributed by atoms with van der Waals surface area (Å²) in [6.45, 7) is 1.94. The fraction of sp³-hybridized carbons (Fsp3) is 0.500. The summed E-state index contributed by atoms with van der Waals surface area (Å²) in [4.78, 5) is 15.6. The number of carbonyl (C=O) groups is 1. The topological polar surface area (TPSA) is 50.2 Å². The van der Waals surface area contributed by atoms with E-state index in [0.29, 0.717) is 18.0 Å². The van der Waals surface area contributed by atoms with Gasteiger partial charge in [0.05, 0.1) is 23.1 Å². The van der Waals surface area contributed by atoms with Gasteiger partial charge in [-0.1, -0.05) is 18.2 Å². The van der Waals surface area contributed by atoms with E-state index in [-0.39, 0.29) is 18.3 Å². The average Bonchev–Trinajstić information content (AvgIpc) is 3.29. The van der Waals surface area contributed by atoms with E-state index in [1.54, 1.807) is 6.20 Å². The molecule has 2 saturated heterocycles. The van der Waals surface area contributed by atoms with Crippen LogP contribution in [-0.4, -0.2) is 45.8 Å². The maximum Gasteiger partial charge on any atom is 0.257 e. The van der Waals surface area contributed by atoms with Gasteiger partial charge in [-0.05, 0) is 50.8 Å². The molecule has 2 unspecified atom stereocenters. The Morgan fingerprint density at radius 2 is 1.81 bits per heavy atom. The van der Waals surface area contributed by atoms with Crippen molar-refractivity contribution in [2.45, 2.75) is 50.1 Å². The van der Waals surface area contributed by atoms with E-state index in [1.165, 1.54) is 0 Å². The SMILES string of the molecule is Cl.O=C(c1cnn(-c2ccccc2)c1C1CC1)N1C2CCNCC1CC2. The van der Waals surface area contributed by atoms with Crippen molar-refractivity contribution in [3.05, 3.63) is 47.8 Å². The van der Waals surface area contributed by atoms with Crippen LogP contribution in [0, 0.1) is 0 Å². The fourth-order valence-electron chi connectivity index (χ4n) is 4.50. The van der Waals surface area contributed by atoms with Crippen LogP contribution in [0.4, 0.5) is 0 Å². The van der Waals surface area contributed by atoms with Crippen molar-refractivity contribution in [2.75, 3.05) is 13.1 Å². The van der Waals surface area contributed by atoms with Gasteiger partial charge in [0, 0.05) is 24.5 Å². The van der Waals surface area contributed by atoms with Gasteiger partial charge in [-0.2, -0.15) is 5.10 Å². The number of hydrogen-bond acceptors (Lipinski definition) is 3. The van der Waals surface area contributed by atoms with Gasteiger partial charge in [0.25, 0.3) is 5.91 Å². The van der Waals surface area contributed by atoms with E-state index in [0.717, 1.165) is 62.1 Å². The summed E-state index contributed by atoms with van der Waals surface area (Å²) >= 11 is 0.